The van der Waals surface area contributed by atoms with Gasteiger partial charge in [-0.25, -0.2) is 4.79 Å². The zero-order chi connectivity index (χ0) is 21.1. The molecular weight excluding hydrogens is 398 g/mol. The highest BCUT2D eigenvalue weighted by atomic mass is 32.2. The molecule has 152 valence electrons. The van der Waals surface area contributed by atoms with E-state index in [1.807, 2.05) is 62.4 Å². The van der Waals surface area contributed by atoms with E-state index in [0.717, 1.165) is 27.7 Å². The summed E-state index contributed by atoms with van der Waals surface area (Å²) < 4.78 is 7.02. The fourth-order valence-corrected chi connectivity index (χ4v) is 4.20. The molecule has 2 aromatic carbocycles. The van der Waals surface area contributed by atoms with Gasteiger partial charge in [0.2, 0.25) is 5.16 Å². The number of thioether (sulfide) groups is 1. The number of esters is 1. The van der Waals surface area contributed by atoms with Gasteiger partial charge in [0.15, 0.2) is 0 Å². The van der Waals surface area contributed by atoms with Crippen molar-refractivity contribution >= 4 is 28.6 Å². The number of ether oxygens (including phenoxy) is 1. The van der Waals surface area contributed by atoms with Gasteiger partial charge in [-0.3, -0.25) is 4.98 Å². The molecule has 0 radical (unpaired) electrons. The highest BCUT2D eigenvalue weighted by molar-refractivity contribution is 7.98. The minimum Gasteiger partial charge on any atom is -0.462 e. The molecule has 4 rings (SSSR count). The summed E-state index contributed by atoms with van der Waals surface area (Å²) in [4.78, 5) is 17.5. The number of aromatic nitrogens is 5. The highest BCUT2D eigenvalue weighted by Crippen LogP contribution is 2.29. The number of aryl methyl sites for hydroxylation is 2. The van der Waals surface area contributed by atoms with Crippen LogP contribution >= 0.6 is 11.8 Å². The van der Waals surface area contributed by atoms with Crippen LogP contribution in [0.3, 0.4) is 0 Å². The monoisotopic (exact) mass is 419 g/mol. The smallest absolute Gasteiger partial charge is 0.340 e. The molecule has 0 saturated heterocycles. The van der Waals surface area contributed by atoms with Crippen molar-refractivity contribution in [3.05, 3.63) is 70.9 Å². The second-order valence-electron chi connectivity index (χ2n) is 6.74. The van der Waals surface area contributed by atoms with Crippen molar-refractivity contribution in [3.63, 3.8) is 0 Å². The molecule has 0 unspecified atom stereocenters. The zero-order valence-electron chi connectivity index (χ0n) is 17.0. The van der Waals surface area contributed by atoms with E-state index in [4.69, 9.17) is 9.72 Å². The number of rotatable bonds is 6. The van der Waals surface area contributed by atoms with E-state index in [0.29, 0.717) is 28.8 Å². The average Bonchev–Trinajstić information content (AvgIpc) is 3.21. The van der Waals surface area contributed by atoms with Crippen LogP contribution in [-0.4, -0.2) is 37.8 Å². The topological polar surface area (TPSA) is 82.8 Å². The lowest BCUT2D eigenvalue weighted by Gasteiger charge is -2.14. The molecule has 0 aliphatic carbocycles. The van der Waals surface area contributed by atoms with Gasteiger partial charge in [0.25, 0.3) is 0 Å². The highest BCUT2D eigenvalue weighted by Gasteiger charge is 2.21. The summed E-state index contributed by atoms with van der Waals surface area (Å²) in [5.41, 5.74) is 4.87. The Morgan fingerprint density at radius 2 is 1.87 bits per heavy atom. The van der Waals surface area contributed by atoms with Gasteiger partial charge in [0.1, 0.15) is 0 Å². The molecule has 0 amide bonds. The number of hydrogen-bond acceptors (Lipinski definition) is 7. The first-order chi connectivity index (χ1) is 14.6. The number of nitrogens with zero attached hydrogens (tertiary/aromatic N) is 5. The maximum atomic E-state index is 12.7. The van der Waals surface area contributed by atoms with E-state index in [2.05, 4.69) is 15.5 Å². The fourth-order valence-electron chi connectivity index (χ4n) is 3.37. The minimum absolute atomic E-state index is 0.309. The number of pyridine rings is 1. The molecule has 0 aliphatic heterocycles. The Kier molecular flexibility index (Phi) is 5.76. The Balaban J connectivity index is 1.72. The van der Waals surface area contributed by atoms with Crippen LogP contribution in [0.25, 0.3) is 16.6 Å². The van der Waals surface area contributed by atoms with Crippen molar-refractivity contribution < 1.29 is 9.53 Å². The van der Waals surface area contributed by atoms with E-state index in [1.54, 1.807) is 11.6 Å². The van der Waals surface area contributed by atoms with Crippen LogP contribution in [-0.2, 0) is 10.5 Å². The predicted octanol–water partition coefficient (Wildman–Crippen LogP) is 4.30. The molecule has 7 nitrogen and oxygen atoms in total. The number of carbonyl (C=O) groups excluding carboxylic acids is 1. The Bertz CT molecular complexity index is 1220. The Morgan fingerprint density at radius 3 is 2.67 bits per heavy atom. The van der Waals surface area contributed by atoms with Crippen LogP contribution in [0.15, 0.2) is 53.7 Å². The van der Waals surface area contributed by atoms with Crippen molar-refractivity contribution in [1.82, 2.24) is 25.2 Å². The minimum atomic E-state index is -0.359. The Morgan fingerprint density at radius 1 is 1.10 bits per heavy atom. The van der Waals surface area contributed by atoms with Crippen LogP contribution in [0.1, 0.15) is 34.1 Å². The molecule has 2 aromatic heterocycles. The molecule has 0 N–H and O–H groups in total. The summed E-state index contributed by atoms with van der Waals surface area (Å²) in [6.45, 7) is 6.05. The van der Waals surface area contributed by atoms with Crippen molar-refractivity contribution in [2.75, 3.05) is 6.61 Å². The van der Waals surface area contributed by atoms with E-state index < -0.39 is 0 Å². The van der Waals surface area contributed by atoms with Crippen molar-refractivity contribution in [1.29, 1.82) is 0 Å². The third kappa shape index (κ3) is 3.78. The van der Waals surface area contributed by atoms with Crippen LogP contribution in [0.2, 0.25) is 0 Å². The van der Waals surface area contributed by atoms with Gasteiger partial charge in [-0.05, 0) is 54.5 Å². The fraction of sp³-hybridized carbons (Fsp3) is 0.227. The maximum Gasteiger partial charge on any atom is 0.340 e. The molecule has 0 atom stereocenters. The van der Waals surface area contributed by atoms with E-state index in [9.17, 15) is 4.79 Å². The second kappa shape index (κ2) is 8.62. The molecule has 4 aromatic rings. The first-order valence-electron chi connectivity index (χ1n) is 9.62. The normalized spacial score (nSPS) is 11.0. The first kappa shape index (κ1) is 20.0. The lowest BCUT2D eigenvalue weighted by atomic mass is 10.0. The molecule has 0 fully saturated rings. The summed E-state index contributed by atoms with van der Waals surface area (Å²) in [7, 11) is 0. The largest absolute Gasteiger partial charge is 0.462 e. The van der Waals surface area contributed by atoms with Gasteiger partial charge in [0, 0.05) is 11.1 Å². The third-order valence-electron chi connectivity index (χ3n) is 4.83. The number of tetrazole rings is 1. The molecule has 0 bridgehead atoms. The number of hydrogen-bond donors (Lipinski definition) is 0. The number of para-hydroxylation sites is 2. The van der Waals surface area contributed by atoms with Crippen molar-refractivity contribution in [2.45, 2.75) is 31.7 Å². The van der Waals surface area contributed by atoms with E-state index in [1.165, 1.54) is 11.8 Å². The number of benzene rings is 2. The van der Waals surface area contributed by atoms with Gasteiger partial charge in [-0.2, -0.15) is 4.68 Å². The SMILES string of the molecule is CCOC(=O)c1c(CSc2nnnn2-c2ccccc2C)nc2ccccc2c1C. The Hall–Kier alpha value is -3.26. The lowest BCUT2D eigenvalue weighted by molar-refractivity contribution is 0.0524. The number of carbonyl (C=O) groups is 1. The Labute approximate surface area is 178 Å². The summed E-state index contributed by atoms with van der Waals surface area (Å²) in [5, 5.41) is 13.7. The zero-order valence-corrected chi connectivity index (χ0v) is 17.8. The quantitative estimate of drug-likeness (QED) is 0.340. The van der Waals surface area contributed by atoms with Gasteiger partial charge >= 0.3 is 5.97 Å². The summed E-state index contributed by atoms with van der Waals surface area (Å²) in [6, 6.07) is 15.7. The van der Waals surface area contributed by atoms with Crippen LogP contribution in [0.4, 0.5) is 0 Å². The lowest BCUT2D eigenvalue weighted by Crippen LogP contribution is -2.12. The second-order valence-corrected chi connectivity index (χ2v) is 7.69. The third-order valence-corrected chi connectivity index (χ3v) is 5.76. The standard InChI is InChI=1S/C22H21N5O2S/c1-4-29-21(28)20-15(3)16-10-6-7-11-17(16)23-18(20)13-30-22-24-25-26-27(22)19-12-8-5-9-14(19)2/h5-12H,4,13H2,1-3H3. The van der Waals surface area contributed by atoms with Crippen LogP contribution in [0.5, 0.6) is 0 Å². The molecule has 0 saturated carbocycles. The molecule has 2 heterocycles. The number of fused-ring (bicyclic) bond motifs is 1. The molecular formula is C22H21N5O2S. The van der Waals surface area contributed by atoms with Gasteiger partial charge in [-0.15, -0.1) is 5.10 Å². The molecule has 0 spiro atoms. The van der Waals surface area contributed by atoms with Crippen LogP contribution < -0.4 is 0 Å². The summed E-state index contributed by atoms with van der Waals surface area (Å²) in [6.07, 6.45) is 0. The van der Waals surface area contributed by atoms with Gasteiger partial charge in [0.05, 0.1) is 29.1 Å². The molecule has 8 heteroatoms. The van der Waals surface area contributed by atoms with Gasteiger partial charge in [-0.1, -0.05) is 48.2 Å². The van der Waals surface area contributed by atoms with E-state index in [-0.39, 0.29) is 5.97 Å². The average molecular weight is 420 g/mol. The van der Waals surface area contributed by atoms with Crippen molar-refractivity contribution in [3.8, 4) is 5.69 Å². The van der Waals surface area contributed by atoms with E-state index >= 15 is 0 Å². The molecule has 0 aliphatic rings. The van der Waals surface area contributed by atoms with Crippen molar-refractivity contribution in [2.24, 2.45) is 0 Å². The first-order valence-corrected chi connectivity index (χ1v) is 10.6. The predicted molar refractivity (Wildman–Crippen MR) is 116 cm³/mol. The maximum absolute atomic E-state index is 12.7. The summed E-state index contributed by atoms with van der Waals surface area (Å²) >= 11 is 1.43. The molecule has 30 heavy (non-hydrogen) atoms. The summed E-state index contributed by atoms with van der Waals surface area (Å²) in [5.74, 6) is 0.0776. The van der Waals surface area contributed by atoms with Crippen LogP contribution in [0, 0.1) is 13.8 Å². The van der Waals surface area contributed by atoms with Gasteiger partial charge < -0.3 is 4.74 Å².